The molecule has 0 radical (unpaired) electrons. The molecule has 0 bridgehead atoms. The van der Waals surface area contributed by atoms with Gasteiger partial charge in [0, 0.05) is 10.0 Å². The SMILES string of the molecule is CNC.COc1c(Cl)ccc(Cl)c1C(=O)O.C[C@@H](Oc1ccc(Cl)cc1Cl)C(=O)O.O=C(O)COc1ccc(Cl)cc1Cl. The van der Waals surface area contributed by atoms with Crippen molar-refractivity contribution in [2.75, 3.05) is 27.8 Å². The average Bonchev–Trinajstić information content (AvgIpc) is 2.91. The zero-order valence-corrected chi connectivity index (χ0v) is 27.5. The molecule has 0 fully saturated rings. The summed E-state index contributed by atoms with van der Waals surface area (Å²) in [5.74, 6) is -2.55. The van der Waals surface area contributed by atoms with Crippen LogP contribution in [0.2, 0.25) is 30.1 Å². The lowest BCUT2D eigenvalue weighted by atomic mass is 10.2. The zero-order chi connectivity index (χ0) is 33.3. The second-order valence-electron chi connectivity index (χ2n) is 7.67. The van der Waals surface area contributed by atoms with Crippen LogP contribution in [0.5, 0.6) is 17.2 Å². The number of hydrogen-bond donors (Lipinski definition) is 4. The maximum absolute atomic E-state index is 10.7. The summed E-state index contributed by atoms with van der Waals surface area (Å²) in [6.45, 7) is 1.01. The average molecular weight is 722 g/mol. The standard InChI is InChI=1S/C9H8Cl2O3.2C8H6Cl2O3.C2H7N/c1-5(9(12)13)14-8-3-2-6(10)4-7(8)11;1-13-7-5(10)3-2-4(9)6(7)8(11)12;9-5-1-2-7(6(10)3-5)13-4-8(11)12;1-3-2/h2-5H,1H3,(H,12,13);2-3H,1H3,(H,11,12);1-3H,4H2,(H,11,12);3H,1-2H3/t5-;;;/m1.../s1. The first-order chi connectivity index (χ1) is 20.1. The number of aliphatic carboxylic acids is 2. The van der Waals surface area contributed by atoms with Gasteiger partial charge in [-0.1, -0.05) is 69.6 Å². The third kappa shape index (κ3) is 15.5. The van der Waals surface area contributed by atoms with E-state index in [9.17, 15) is 14.4 Å². The number of benzene rings is 3. The van der Waals surface area contributed by atoms with Crippen LogP contribution in [0.25, 0.3) is 0 Å². The molecule has 0 saturated heterocycles. The molecule has 0 saturated carbocycles. The van der Waals surface area contributed by atoms with Crippen LogP contribution in [0, 0.1) is 0 Å². The zero-order valence-electron chi connectivity index (χ0n) is 23.0. The molecule has 4 N–H and O–H groups in total. The fraction of sp³-hybridized carbons (Fsp3) is 0.222. The molecule has 236 valence electrons. The fourth-order valence-electron chi connectivity index (χ4n) is 2.48. The van der Waals surface area contributed by atoms with E-state index in [1.165, 1.54) is 50.4 Å². The Morgan fingerprint density at radius 3 is 1.60 bits per heavy atom. The van der Waals surface area contributed by atoms with Crippen molar-refractivity contribution < 1.29 is 43.9 Å². The molecule has 3 aromatic rings. The third-order valence-electron chi connectivity index (χ3n) is 4.27. The predicted molar refractivity (Wildman–Crippen MR) is 169 cm³/mol. The number of carboxylic acid groups (broad SMARTS) is 3. The summed E-state index contributed by atoms with van der Waals surface area (Å²) < 4.78 is 14.8. The Labute approximate surface area is 277 Å². The first-order valence-electron chi connectivity index (χ1n) is 11.6. The summed E-state index contributed by atoms with van der Waals surface area (Å²) in [5, 5.41) is 30.3. The molecule has 16 heteroatoms. The Bertz CT molecular complexity index is 1380. The summed E-state index contributed by atoms with van der Waals surface area (Å²) in [7, 11) is 5.09. The van der Waals surface area contributed by atoms with E-state index in [0.717, 1.165) is 0 Å². The fourth-order valence-corrected chi connectivity index (χ4v) is 3.86. The van der Waals surface area contributed by atoms with E-state index in [1.54, 1.807) is 12.1 Å². The molecule has 0 aliphatic carbocycles. The van der Waals surface area contributed by atoms with E-state index >= 15 is 0 Å². The van der Waals surface area contributed by atoms with Gasteiger partial charge in [-0.3, -0.25) is 0 Å². The topological polar surface area (TPSA) is 152 Å². The number of nitrogens with one attached hydrogen (secondary N) is 1. The summed E-state index contributed by atoms with van der Waals surface area (Å²) in [6.07, 6.45) is -0.936. The van der Waals surface area contributed by atoms with Gasteiger partial charge in [-0.2, -0.15) is 0 Å². The molecule has 0 amide bonds. The second-order valence-corrected chi connectivity index (χ2v) is 10.2. The minimum Gasteiger partial charge on any atom is -0.494 e. The van der Waals surface area contributed by atoms with Gasteiger partial charge in [0.25, 0.3) is 0 Å². The van der Waals surface area contributed by atoms with E-state index in [0.29, 0.717) is 31.6 Å². The van der Waals surface area contributed by atoms with Gasteiger partial charge in [-0.15, -0.1) is 0 Å². The number of hydrogen-bond acceptors (Lipinski definition) is 7. The summed E-state index contributed by atoms with van der Waals surface area (Å²) >= 11 is 34.1. The number of ether oxygens (including phenoxy) is 3. The molecule has 0 aliphatic heterocycles. The maximum atomic E-state index is 10.7. The van der Waals surface area contributed by atoms with Crippen LogP contribution in [0.15, 0.2) is 48.5 Å². The quantitative estimate of drug-likeness (QED) is 0.181. The first-order valence-corrected chi connectivity index (χ1v) is 13.8. The second kappa shape index (κ2) is 21.0. The molecule has 0 spiro atoms. The van der Waals surface area contributed by atoms with Crippen LogP contribution >= 0.6 is 69.6 Å². The van der Waals surface area contributed by atoms with Crippen molar-refractivity contribution in [2.24, 2.45) is 0 Å². The maximum Gasteiger partial charge on any atom is 0.344 e. The van der Waals surface area contributed by atoms with E-state index in [-0.39, 0.29) is 21.4 Å². The number of rotatable bonds is 8. The van der Waals surface area contributed by atoms with Crippen molar-refractivity contribution in [3.63, 3.8) is 0 Å². The number of carboxylic acids is 3. The number of carbonyl (C=O) groups is 3. The Kier molecular flexibility index (Phi) is 19.6. The molecule has 43 heavy (non-hydrogen) atoms. The van der Waals surface area contributed by atoms with Gasteiger partial charge in [0.1, 0.15) is 17.1 Å². The van der Waals surface area contributed by atoms with Gasteiger partial charge < -0.3 is 34.8 Å². The minimum absolute atomic E-state index is 0.0849. The highest BCUT2D eigenvalue weighted by atomic mass is 35.5. The highest BCUT2D eigenvalue weighted by Gasteiger charge is 2.18. The summed E-state index contributed by atoms with van der Waals surface area (Å²) in [4.78, 5) is 31.4. The molecule has 3 aromatic carbocycles. The highest BCUT2D eigenvalue weighted by molar-refractivity contribution is 6.37. The largest absolute Gasteiger partial charge is 0.494 e. The Balaban J connectivity index is 0.000000588. The Morgan fingerprint density at radius 2 is 1.23 bits per heavy atom. The van der Waals surface area contributed by atoms with Gasteiger partial charge in [-0.25, -0.2) is 14.4 Å². The van der Waals surface area contributed by atoms with Crippen molar-refractivity contribution >= 4 is 87.5 Å². The Hall–Kier alpha value is -2.83. The van der Waals surface area contributed by atoms with Gasteiger partial charge in [-0.05, 0) is 69.6 Å². The van der Waals surface area contributed by atoms with Crippen molar-refractivity contribution in [1.29, 1.82) is 0 Å². The molecular formula is C27H27Cl6NO9. The highest BCUT2D eigenvalue weighted by Crippen LogP contribution is 2.33. The molecule has 3 rings (SSSR count). The molecule has 1 atom stereocenters. The number of halogens is 6. The lowest BCUT2D eigenvalue weighted by Gasteiger charge is -2.11. The van der Waals surface area contributed by atoms with Crippen LogP contribution < -0.4 is 19.5 Å². The van der Waals surface area contributed by atoms with Crippen LogP contribution in [0.1, 0.15) is 17.3 Å². The van der Waals surface area contributed by atoms with Crippen LogP contribution in [-0.4, -0.2) is 67.1 Å². The van der Waals surface area contributed by atoms with Gasteiger partial charge >= 0.3 is 17.9 Å². The molecule has 0 heterocycles. The van der Waals surface area contributed by atoms with Crippen molar-refractivity contribution in [2.45, 2.75) is 13.0 Å². The van der Waals surface area contributed by atoms with Crippen LogP contribution in [0.4, 0.5) is 0 Å². The van der Waals surface area contributed by atoms with Crippen LogP contribution in [-0.2, 0) is 9.59 Å². The predicted octanol–water partition coefficient (Wildman–Crippen LogP) is 7.84. The van der Waals surface area contributed by atoms with E-state index < -0.39 is 30.6 Å². The molecule has 10 nitrogen and oxygen atoms in total. The van der Waals surface area contributed by atoms with Crippen LogP contribution in [0.3, 0.4) is 0 Å². The van der Waals surface area contributed by atoms with Crippen molar-refractivity contribution in [1.82, 2.24) is 5.32 Å². The lowest BCUT2D eigenvalue weighted by Crippen LogP contribution is -2.22. The molecule has 0 unspecified atom stereocenters. The van der Waals surface area contributed by atoms with E-state index in [1.807, 2.05) is 14.1 Å². The van der Waals surface area contributed by atoms with E-state index in [2.05, 4.69) is 5.32 Å². The smallest absolute Gasteiger partial charge is 0.344 e. The molecule has 0 aliphatic rings. The van der Waals surface area contributed by atoms with Gasteiger partial charge in [0.15, 0.2) is 18.5 Å². The van der Waals surface area contributed by atoms with E-state index in [4.69, 9.17) is 99.1 Å². The molecular weight excluding hydrogens is 695 g/mol. The number of methoxy groups -OCH3 is 1. The molecule has 0 aromatic heterocycles. The van der Waals surface area contributed by atoms with Crippen molar-refractivity contribution in [3.8, 4) is 17.2 Å². The summed E-state index contributed by atoms with van der Waals surface area (Å²) in [6, 6.07) is 12.1. The lowest BCUT2D eigenvalue weighted by molar-refractivity contribution is -0.144. The van der Waals surface area contributed by atoms with Gasteiger partial charge in [0.2, 0.25) is 0 Å². The number of aromatic carboxylic acids is 1. The first kappa shape index (κ1) is 40.2. The van der Waals surface area contributed by atoms with Gasteiger partial charge in [0.05, 0.1) is 27.2 Å². The Morgan fingerprint density at radius 1 is 0.767 bits per heavy atom. The normalized spacial score (nSPS) is 10.3. The minimum atomic E-state index is -1.16. The monoisotopic (exact) mass is 719 g/mol. The summed E-state index contributed by atoms with van der Waals surface area (Å²) in [5.41, 5.74) is -0.114. The van der Waals surface area contributed by atoms with Crippen molar-refractivity contribution in [3.05, 3.63) is 84.2 Å². The third-order valence-corrected chi connectivity index (χ3v) is 5.94.